The molecule has 2 aromatic rings. The quantitative estimate of drug-likeness (QED) is 0.755. The van der Waals surface area contributed by atoms with Crippen LogP contribution in [0.2, 0.25) is 0 Å². The number of aryl methyl sites for hydroxylation is 1. The van der Waals surface area contributed by atoms with Gasteiger partial charge in [-0.3, -0.25) is 0 Å². The van der Waals surface area contributed by atoms with Crippen LogP contribution >= 0.6 is 11.8 Å². The molecule has 0 saturated carbocycles. The molecule has 108 valence electrons. The van der Waals surface area contributed by atoms with Crippen LogP contribution in [0.3, 0.4) is 0 Å². The molecule has 1 heterocycles. The minimum absolute atomic E-state index is 0.680. The first kappa shape index (κ1) is 15.1. The molecule has 0 fully saturated rings. The molecule has 2 rings (SSSR count). The van der Waals surface area contributed by atoms with Crippen LogP contribution < -0.4 is 5.32 Å². The molecular weight excluding hydrogens is 266 g/mol. The Hall–Kier alpha value is -1.26. The fourth-order valence-electron chi connectivity index (χ4n) is 1.89. The zero-order chi connectivity index (χ0) is 14.2. The molecular formula is C16H23N3S. The third-order valence-corrected chi connectivity index (χ3v) is 3.90. The summed E-state index contributed by atoms with van der Waals surface area (Å²) >= 11 is 1.88. The minimum atomic E-state index is 0.680. The number of hydrogen-bond donors (Lipinski definition) is 1. The molecule has 0 bridgehead atoms. The van der Waals surface area contributed by atoms with E-state index in [4.69, 9.17) is 0 Å². The highest BCUT2D eigenvalue weighted by atomic mass is 32.2. The third-order valence-electron chi connectivity index (χ3n) is 2.91. The lowest BCUT2D eigenvalue weighted by molar-refractivity contribution is 0.548. The van der Waals surface area contributed by atoms with E-state index >= 15 is 0 Å². The number of rotatable bonds is 8. The van der Waals surface area contributed by atoms with Crippen molar-refractivity contribution in [2.45, 2.75) is 31.8 Å². The molecule has 3 nitrogen and oxygen atoms in total. The van der Waals surface area contributed by atoms with Crippen molar-refractivity contribution in [3.05, 3.63) is 48.5 Å². The van der Waals surface area contributed by atoms with Gasteiger partial charge < -0.3 is 9.88 Å². The molecule has 0 radical (unpaired) electrons. The van der Waals surface area contributed by atoms with Crippen molar-refractivity contribution in [3.63, 3.8) is 0 Å². The van der Waals surface area contributed by atoms with Gasteiger partial charge in [0, 0.05) is 29.9 Å². The predicted octanol–water partition coefficient (Wildman–Crippen LogP) is 3.42. The monoisotopic (exact) mass is 289 g/mol. The first-order chi connectivity index (χ1) is 9.74. The van der Waals surface area contributed by atoms with Crippen LogP contribution in [-0.4, -0.2) is 21.8 Å². The van der Waals surface area contributed by atoms with Gasteiger partial charge in [0.15, 0.2) is 0 Å². The van der Waals surface area contributed by atoms with Gasteiger partial charge in [0.25, 0.3) is 0 Å². The van der Waals surface area contributed by atoms with Crippen LogP contribution in [0, 0.1) is 5.92 Å². The lowest BCUT2D eigenvalue weighted by Crippen LogP contribution is -2.19. The topological polar surface area (TPSA) is 29.9 Å². The van der Waals surface area contributed by atoms with Crippen molar-refractivity contribution < 1.29 is 0 Å². The van der Waals surface area contributed by atoms with Gasteiger partial charge in [-0.2, -0.15) is 0 Å². The fraction of sp³-hybridized carbons (Fsp3) is 0.438. The van der Waals surface area contributed by atoms with Crippen LogP contribution in [0.15, 0.2) is 47.8 Å². The normalized spacial score (nSPS) is 11.2. The zero-order valence-electron chi connectivity index (χ0n) is 12.2. The summed E-state index contributed by atoms with van der Waals surface area (Å²) in [6.07, 6.45) is 4.07. The van der Waals surface area contributed by atoms with Gasteiger partial charge >= 0.3 is 0 Å². The maximum Gasteiger partial charge on any atom is 0.0950 e. The summed E-state index contributed by atoms with van der Waals surface area (Å²) in [4.78, 5) is 5.76. The van der Waals surface area contributed by atoms with Crippen molar-refractivity contribution in [1.29, 1.82) is 0 Å². The fourth-order valence-corrected chi connectivity index (χ4v) is 2.78. The molecule has 0 unspecified atom stereocenters. The van der Waals surface area contributed by atoms with E-state index in [1.165, 1.54) is 4.90 Å². The Morgan fingerprint density at radius 3 is 2.80 bits per heavy atom. The van der Waals surface area contributed by atoms with Gasteiger partial charge in [-0.25, -0.2) is 4.98 Å². The van der Waals surface area contributed by atoms with E-state index in [-0.39, 0.29) is 0 Å². The highest BCUT2D eigenvalue weighted by molar-refractivity contribution is 7.99. The predicted molar refractivity (Wildman–Crippen MR) is 85.9 cm³/mol. The van der Waals surface area contributed by atoms with Crippen LogP contribution in [0.1, 0.15) is 19.5 Å². The lowest BCUT2D eigenvalue weighted by atomic mass is 10.2. The van der Waals surface area contributed by atoms with E-state index in [0.29, 0.717) is 5.92 Å². The van der Waals surface area contributed by atoms with Gasteiger partial charge in [-0.1, -0.05) is 32.0 Å². The molecule has 0 saturated heterocycles. The summed E-state index contributed by atoms with van der Waals surface area (Å²) in [5, 5.41) is 3.42. The van der Waals surface area contributed by atoms with E-state index < -0.39 is 0 Å². The first-order valence-electron chi connectivity index (χ1n) is 7.13. The van der Waals surface area contributed by atoms with Gasteiger partial charge in [-0.05, 0) is 24.6 Å². The summed E-state index contributed by atoms with van der Waals surface area (Å²) < 4.78 is 2.17. The smallest absolute Gasteiger partial charge is 0.0950 e. The van der Waals surface area contributed by atoms with E-state index in [2.05, 4.69) is 65.2 Å². The average Bonchev–Trinajstić information content (AvgIpc) is 2.87. The largest absolute Gasteiger partial charge is 0.336 e. The van der Waals surface area contributed by atoms with Crippen LogP contribution in [0.4, 0.5) is 0 Å². The Labute approximate surface area is 125 Å². The number of aromatic nitrogens is 2. The van der Waals surface area contributed by atoms with Crippen molar-refractivity contribution in [1.82, 2.24) is 14.9 Å². The molecule has 1 aromatic heterocycles. The second-order valence-electron chi connectivity index (χ2n) is 5.29. The zero-order valence-corrected chi connectivity index (χ0v) is 13.1. The number of nitrogens with one attached hydrogen (secondary N) is 1. The molecule has 0 spiro atoms. The molecule has 1 N–H and O–H groups in total. The molecule has 0 aliphatic carbocycles. The second kappa shape index (κ2) is 8.12. The van der Waals surface area contributed by atoms with Gasteiger partial charge in [0.2, 0.25) is 0 Å². The van der Waals surface area contributed by atoms with Crippen molar-refractivity contribution in [3.8, 4) is 0 Å². The average molecular weight is 289 g/mol. The SMILES string of the molecule is CC(C)CNCc1cn(CCSc2ccccc2)cn1. The summed E-state index contributed by atoms with van der Waals surface area (Å²) in [6, 6.07) is 10.5. The maximum absolute atomic E-state index is 4.43. The van der Waals surface area contributed by atoms with Crippen LogP contribution in [0.5, 0.6) is 0 Å². The van der Waals surface area contributed by atoms with E-state index in [0.717, 1.165) is 31.1 Å². The van der Waals surface area contributed by atoms with E-state index in [1.54, 1.807) is 0 Å². The first-order valence-corrected chi connectivity index (χ1v) is 8.12. The summed E-state index contributed by atoms with van der Waals surface area (Å²) in [5.74, 6) is 1.75. The van der Waals surface area contributed by atoms with Crippen LogP contribution in [0.25, 0.3) is 0 Å². The summed E-state index contributed by atoms with van der Waals surface area (Å²) in [6.45, 7) is 7.32. The number of benzene rings is 1. The molecule has 0 amide bonds. The molecule has 0 aliphatic heterocycles. The van der Waals surface area contributed by atoms with Gasteiger partial charge in [0.05, 0.1) is 12.0 Å². The van der Waals surface area contributed by atoms with Gasteiger partial charge in [0.1, 0.15) is 0 Å². The van der Waals surface area contributed by atoms with Crippen molar-refractivity contribution in [2.75, 3.05) is 12.3 Å². The molecule has 1 aromatic carbocycles. The Balaban J connectivity index is 1.70. The van der Waals surface area contributed by atoms with E-state index in [9.17, 15) is 0 Å². The number of nitrogens with zero attached hydrogens (tertiary/aromatic N) is 2. The van der Waals surface area contributed by atoms with Gasteiger partial charge in [-0.15, -0.1) is 11.8 Å². The molecule has 4 heteroatoms. The summed E-state index contributed by atoms with van der Waals surface area (Å²) in [7, 11) is 0. The minimum Gasteiger partial charge on any atom is -0.336 e. The molecule has 20 heavy (non-hydrogen) atoms. The second-order valence-corrected chi connectivity index (χ2v) is 6.46. The van der Waals surface area contributed by atoms with E-state index in [1.807, 2.05) is 18.1 Å². The Morgan fingerprint density at radius 2 is 2.05 bits per heavy atom. The number of hydrogen-bond acceptors (Lipinski definition) is 3. The highest BCUT2D eigenvalue weighted by Crippen LogP contribution is 2.17. The Bertz CT molecular complexity index is 493. The van der Waals surface area contributed by atoms with Crippen molar-refractivity contribution in [2.24, 2.45) is 5.92 Å². The standard InChI is InChI=1S/C16H23N3S/c1-14(2)10-17-11-15-12-19(13-18-15)8-9-20-16-6-4-3-5-7-16/h3-7,12-14,17H,8-11H2,1-2H3. The number of imidazole rings is 1. The Morgan fingerprint density at radius 1 is 1.25 bits per heavy atom. The Kier molecular flexibility index (Phi) is 6.15. The molecule has 0 aliphatic rings. The third kappa shape index (κ3) is 5.39. The lowest BCUT2D eigenvalue weighted by Gasteiger charge is -2.05. The summed E-state index contributed by atoms with van der Waals surface area (Å²) in [5.41, 5.74) is 1.12. The van der Waals surface area contributed by atoms with Crippen molar-refractivity contribution >= 4 is 11.8 Å². The highest BCUT2D eigenvalue weighted by Gasteiger charge is 2.00. The maximum atomic E-state index is 4.43. The van der Waals surface area contributed by atoms with Crippen LogP contribution in [-0.2, 0) is 13.1 Å². The molecule has 0 atom stereocenters. The number of thioether (sulfide) groups is 1.